The molecule has 1 fully saturated rings. The second-order valence-corrected chi connectivity index (χ2v) is 8.58. The van der Waals surface area contributed by atoms with Crippen molar-refractivity contribution in [3.05, 3.63) is 102 Å². The molecule has 6 nitrogen and oxygen atoms in total. The number of anilines is 1. The molecular formula is C26H24N4O2S. The maximum Gasteiger partial charge on any atom is 0.174 e. The molecule has 1 saturated heterocycles. The monoisotopic (exact) mass is 456 g/mol. The van der Waals surface area contributed by atoms with Crippen molar-refractivity contribution in [3.8, 4) is 17.2 Å². The number of thiocarbonyl (C=S) groups is 1. The summed E-state index contributed by atoms with van der Waals surface area (Å²) >= 11 is 5.79. The highest BCUT2D eigenvalue weighted by Crippen LogP contribution is 2.44. The number of aromatic nitrogens is 2. The van der Waals surface area contributed by atoms with Crippen molar-refractivity contribution >= 4 is 23.0 Å². The number of hydrogen-bond donors (Lipinski definition) is 3. The average Bonchev–Trinajstić information content (AvgIpc) is 3.31. The summed E-state index contributed by atoms with van der Waals surface area (Å²) in [7, 11) is 0. The van der Waals surface area contributed by atoms with Gasteiger partial charge in [-0.25, -0.2) is 0 Å². The molecule has 0 bridgehead atoms. The largest absolute Gasteiger partial charge is 0.508 e. The Morgan fingerprint density at radius 3 is 2.12 bits per heavy atom. The van der Waals surface area contributed by atoms with E-state index in [1.807, 2.05) is 42.5 Å². The van der Waals surface area contributed by atoms with Crippen LogP contribution in [0.5, 0.6) is 11.5 Å². The number of aromatic hydroxyl groups is 2. The van der Waals surface area contributed by atoms with Crippen LogP contribution in [-0.4, -0.2) is 24.9 Å². The molecule has 1 aliphatic rings. The molecule has 2 atom stereocenters. The Morgan fingerprint density at radius 2 is 1.52 bits per heavy atom. The van der Waals surface area contributed by atoms with Crippen molar-refractivity contribution in [2.75, 3.05) is 4.90 Å². The first-order valence-electron chi connectivity index (χ1n) is 10.7. The average molecular weight is 457 g/mol. The van der Waals surface area contributed by atoms with Crippen LogP contribution in [0.2, 0.25) is 0 Å². The van der Waals surface area contributed by atoms with Crippen LogP contribution in [0, 0.1) is 13.8 Å². The zero-order valence-corrected chi connectivity index (χ0v) is 19.1. The molecule has 5 rings (SSSR count). The van der Waals surface area contributed by atoms with Crippen LogP contribution in [-0.2, 0) is 0 Å². The molecule has 0 saturated carbocycles. The summed E-state index contributed by atoms with van der Waals surface area (Å²) in [5.41, 5.74) is 6.06. The van der Waals surface area contributed by atoms with Crippen LogP contribution in [0.3, 0.4) is 0 Å². The minimum absolute atomic E-state index is 0.144. The first-order valence-corrected chi connectivity index (χ1v) is 11.1. The molecule has 3 N–H and O–H groups in total. The van der Waals surface area contributed by atoms with Gasteiger partial charge in [-0.05, 0) is 98.4 Å². The van der Waals surface area contributed by atoms with Crippen molar-refractivity contribution in [2.45, 2.75) is 25.9 Å². The molecule has 0 amide bonds. The minimum atomic E-state index is -0.152. The molecular weight excluding hydrogens is 432 g/mol. The van der Waals surface area contributed by atoms with Gasteiger partial charge in [0.05, 0.1) is 17.8 Å². The number of phenols is 2. The summed E-state index contributed by atoms with van der Waals surface area (Å²) in [5.74, 6) is 0.445. The van der Waals surface area contributed by atoms with Crippen LogP contribution >= 0.6 is 12.2 Å². The predicted molar refractivity (Wildman–Crippen MR) is 133 cm³/mol. The van der Waals surface area contributed by atoms with E-state index in [2.05, 4.69) is 39.7 Å². The van der Waals surface area contributed by atoms with Gasteiger partial charge in [-0.15, -0.1) is 0 Å². The number of phenolic OH excluding ortho intramolecular Hbond substituents is 2. The summed E-state index contributed by atoms with van der Waals surface area (Å²) < 4.78 is 2.18. The highest BCUT2D eigenvalue weighted by atomic mass is 32.1. The predicted octanol–water partition coefficient (Wildman–Crippen LogP) is 5.08. The number of aryl methyl sites for hydroxylation is 1. The van der Waals surface area contributed by atoms with Crippen LogP contribution < -0.4 is 10.2 Å². The van der Waals surface area contributed by atoms with Crippen molar-refractivity contribution in [2.24, 2.45) is 0 Å². The lowest BCUT2D eigenvalue weighted by atomic mass is 9.96. The Kier molecular flexibility index (Phi) is 5.26. The molecule has 0 spiro atoms. The van der Waals surface area contributed by atoms with Gasteiger partial charge in [-0.1, -0.05) is 6.07 Å². The molecule has 33 heavy (non-hydrogen) atoms. The van der Waals surface area contributed by atoms with E-state index >= 15 is 0 Å². The van der Waals surface area contributed by atoms with Crippen LogP contribution in [0.25, 0.3) is 5.69 Å². The summed E-state index contributed by atoms with van der Waals surface area (Å²) in [4.78, 5) is 6.71. The van der Waals surface area contributed by atoms with E-state index in [4.69, 9.17) is 12.2 Å². The van der Waals surface area contributed by atoms with E-state index in [9.17, 15) is 10.2 Å². The van der Waals surface area contributed by atoms with Crippen molar-refractivity contribution < 1.29 is 10.2 Å². The number of nitrogens with one attached hydrogen (secondary N) is 1. The van der Waals surface area contributed by atoms with Gasteiger partial charge in [0, 0.05) is 29.0 Å². The molecule has 166 valence electrons. The fraction of sp³-hybridized carbons (Fsp3) is 0.154. The maximum absolute atomic E-state index is 9.81. The van der Waals surface area contributed by atoms with E-state index in [-0.39, 0.29) is 23.6 Å². The lowest BCUT2D eigenvalue weighted by Crippen LogP contribution is -2.29. The Morgan fingerprint density at radius 1 is 0.879 bits per heavy atom. The Labute approximate surface area is 197 Å². The van der Waals surface area contributed by atoms with Crippen LogP contribution in [0.4, 0.5) is 5.69 Å². The van der Waals surface area contributed by atoms with Gasteiger partial charge in [0.2, 0.25) is 0 Å². The molecule has 4 aromatic rings. The van der Waals surface area contributed by atoms with Gasteiger partial charge in [0.1, 0.15) is 11.5 Å². The molecule has 0 unspecified atom stereocenters. The molecule has 7 heteroatoms. The third kappa shape index (κ3) is 3.70. The number of rotatable bonds is 4. The molecule has 1 aliphatic heterocycles. The smallest absolute Gasteiger partial charge is 0.174 e. The number of hydrogen-bond acceptors (Lipinski definition) is 4. The fourth-order valence-corrected chi connectivity index (χ4v) is 4.99. The van der Waals surface area contributed by atoms with E-state index in [1.165, 1.54) is 0 Å². The SMILES string of the molecule is Cc1cc([C@@H]2[C@H](c3ccccn3)NC(=S)N2c2ccc(O)cc2)c(C)n1-c1ccc(O)cc1. The second-order valence-electron chi connectivity index (χ2n) is 8.19. The Bertz CT molecular complexity index is 1300. The van der Waals surface area contributed by atoms with Gasteiger partial charge in [-0.2, -0.15) is 0 Å². The summed E-state index contributed by atoms with van der Waals surface area (Å²) in [6.07, 6.45) is 1.79. The Balaban J connectivity index is 1.67. The van der Waals surface area contributed by atoms with Gasteiger partial charge in [0.15, 0.2) is 5.11 Å². The zero-order valence-electron chi connectivity index (χ0n) is 18.3. The third-order valence-electron chi connectivity index (χ3n) is 6.12. The second kappa shape index (κ2) is 8.26. The lowest BCUT2D eigenvalue weighted by molar-refractivity contribution is 0.474. The van der Waals surface area contributed by atoms with E-state index < -0.39 is 0 Å². The van der Waals surface area contributed by atoms with E-state index in [1.54, 1.807) is 30.5 Å². The number of nitrogens with zero attached hydrogens (tertiary/aromatic N) is 3. The van der Waals surface area contributed by atoms with Gasteiger partial charge >= 0.3 is 0 Å². The minimum Gasteiger partial charge on any atom is -0.508 e. The first kappa shape index (κ1) is 21.0. The third-order valence-corrected chi connectivity index (χ3v) is 6.44. The Hall–Kier alpha value is -3.84. The summed E-state index contributed by atoms with van der Waals surface area (Å²) in [6, 6.07) is 22.1. The van der Waals surface area contributed by atoms with E-state index in [0.29, 0.717) is 5.11 Å². The van der Waals surface area contributed by atoms with Gasteiger partial charge in [-0.3, -0.25) is 4.98 Å². The maximum atomic E-state index is 9.81. The lowest BCUT2D eigenvalue weighted by Gasteiger charge is -2.28. The van der Waals surface area contributed by atoms with Crippen LogP contribution in [0.15, 0.2) is 79.0 Å². The molecule has 3 heterocycles. The van der Waals surface area contributed by atoms with Crippen molar-refractivity contribution in [1.29, 1.82) is 0 Å². The first-order chi connectivity index (χ1) is 15.9. The molecule has 0 aliphatic carbocycles. The van der Waals surface area contributed by atoms with Gasteiger partial charge < -0.3 is 25.0 Å². The molecule has 0 radical (unpaired) electrons. The number of benzene rings is 2. The van der Waals surface area contributed by atoms with E-state index in [0.717, 1.165) is 34.0 Å². The zero-order chi connectivity index (χ0) is 23.1. The fourth-order valence-electron chi connectivity index (χ4n) is 4.65. The molecule has 2 aromatic heterocycles. The summed E-state index contributed by atoms with van der Waals surface area (Å²) in [6.45, 7) is 4.17. The topological polar surface area (TPSA) is 73.5 Å². The highest BCUT2D eigenvalue weighted by Gasteiger charge is 2.42. The highest BCUT2D eigenvalue weighted by molar-refractivity contribution is 7.80. The number of pyridine rings is 1. The van der Waals surface area contributed by atoms with Crippen molar-refractivity contribution in [1.82, 2.24) is 14.9 Å². The standard InChI is InChI=1S/C26H24N4O2S/c1-16-15-22(17(2)29(16)18-6-10-20(31)11-7-18)25-24(23-5-3-4-14-27-23)28-26(33)30(25)19-8-12-21(32)13-9-19/h3-15,24-25,31-32H,1-2H3,(H,28,33)/t24-,25+/m0/s1. The van der Waals surface area contributed by atoms with Crippen LogP contribution in [0.1, 0.15) is 34.7 Å². The quantitative estimate of drug-likeness (QED) is 0.372. The normalized spacial score (nSPS) is 17.9. The molecule has 2 aromatic carbocycles. The van der Waals surface area contributed by atoms with Gasteiger partial charge in [0.25, 0.3) is 0 Å². The van der Waals surface area contributed by atoms with Crippen molar-refractivity contribution in [3.63, 3.8) is 0 Å². The summed E-state index contributed by atoms with van der Waals surface area (Å²) in [5, 5.41) is 23.6.